The second kappa shape index (κ2) is 6.03. The molecule has 0 atom stereocenters. The van der Waals surface area contributed by atoms with Crippen LogP contribution in [0.1, 0.15) is 21.5 Å². The Morgan fingerprint density at radius 2 is 1.95 bits per heavy atom. The number of benzene rings is 2. The summed E-state index contributed by atoms with van der Waals surface area (Å²) in [7, 11) is 1.85. The fraction of sp³-hybridized carbons (Fsp3) is 0.176. The number of carbonyl (C=O) groups excluding carboxylic acids is 1. The summed E-state index contributed by atoms with van der Waals surface area (Å²) < 4.78 is 0. The van der Waals surface area contributed by atoms with Crippen LogP contribution in [-0.4, -0.2) is 19.4 Å². The standard InChI is InChI=1S/C17H16N2O/c1-13-6-3-4-9-16(13)17(20)12-19(2)15-8-5-7-14(10-15)11-18/h3-10H,12H2,1-2H3. The van der Waals surface area contributed by atoms with E-state index in [0.29, 0.717) is 12.1 Å². The molecule has 2 aromatic rings. The zero-order chi connectivity index (χ0) is 14.5. The van der Waals surface area contributed by atoms with Crippen LogP contribution in [-0.2, 0) is 0 Å². The first-order chi connectivity index (χ1) is 9.61. The molecule has 20 heavy (non-hydrogen) atoms. The Hall–Kier alpha value is -2.60. The summed E-state index contributed by atoms with van der Waals surface area (Å²) in [4.78, 5) is 14.2. The molecule has 0 bridgehead atoms. The molecule has 0 amide bonds. The van der Waals surface area contributed by atoms with Crippen molar-refractivity contribution in [1.29, 1.82) is 5.26 Å². The monoisotopic (exact) mass is 264 g/mol. The molecule has 0 aromatic heterocycles. The highest BCUT2D eigenvalue weighted by molar-refractivity contribution is 6.00. The van der Waals surface area contributed by atoms with Gasteiger partial charge in [0.05, 0.1) is 18.2 Å². The normalized spacial score (nSPS) is 9.85. The van der Waals surface area contributed by atoms with Crippen molar-refractivity contribution in [1.82, 2.24) is 0 Å². The molecule has 0 N–H and O–H groups in total. The van der Waals surface area contributed by atoms with E-state index in [0.717, 1.165) is 16.8 Å². The Kier molecular flexibility index (Phi) is 4.17. The number of Topliss-reactive ketones (excluding diaryl/α,β-unsaturated/α-hetero) is 1. The lowest BCUT2D eigenvalue weighted by molar-refractivity contribution is 0.1000. The van der Waals surface area contributed by atoms with Crippen molar-refractivity contribution in [3.63, 3.8) is 0 Å². The van der Waals surface area contributed by atoms with E-state index in [2.05, 4.69) is 6.07 Å². The molecular formula is C17H16N2O. The van der Waals surface area contributed by atoms with Gasteiger partial charge in [-0.3, -0.25) is 4.79 Å². The van der Waals surface area contributed by atoms with Gasteiger partial charge in [-0.15, -0.1) is 0 Å². The molecule has 0 fully saturated rings. The van der Waals surface area contributed by atoms with Crippen molar-refractivity contribution in [3.8, 4) is 6.07 Å². The first-order valence-corrected chi connectivity index (χ1v) is 6.42. The molecular weight excluding hydrogens is 248 g/mol. The third kappa shape index (κ3) is 3.04. The second-order valence-corrected chi connectivity index (χ2v) is 4.76. The lowest BCUT2D eigenvalue weighted by Gasteiger charge is -2.19. The van der Waals surface area contributed by atoms with Crippen LogP contribution in [0.25, 0.3) is 0 Å². The van der Waals surface area contributed by atoms with Gasteiger partial charge in [0.1, 0.15) is 0 Å². The molecule has 0 aliphatic rings. The number of nitriles is 1. The molecule has 100 valence electrons. The largest absolute Gasteiger partial charge is 0.367 e. The zero-order valence-electron chi connectivity index (χ0n) is 11.6. The smallest absolute Gasteiger partial charge is 0.182 e. The highest BCUT2D eigenvalue weighted by Gasteiger charge is 2.12. The van der Waals surface area contributed by atoms with E-state index in [1.54, 1.807) is 12.1 Å². The van der Waals surface area contributed by atoms with Crippen LogP contribution in [0.2, 0.25) is 0 Å². The number of hydrogen-bond donors (Lipinski definition) is 0. The Bertz CT molecular complexity index is 671. The van der Waals surface area contributed by atoms with Crippen molar-refractivity contribution in [2.75, 3.05) is 18.5 Å². The minimum absolute atomic E-state index is 0.0768. The molecule has 2 aromatic carbocycles. The van der Waals surface area contributed by atoms with Crippen LogP contribution in [0.15, 0.2) is 48.5 Å². The van der Waals surface area contributed by atoms with Crippen LogP contribution in [0.5, 0.6) is 0 Å². The molecule has 0 aliphatic heterocycles. The lowest BCUT2D eigenvalue weighted by atomic mass is 10.0. The van der Waals surface area contributed by atoms with Crippen LogP contribution in [0.3, 0.4) is 0 Å². The Labute approximate surface area is 119 Å². The minimum atomic E-state index is 0.0768. The summed E-state index contributed by atoms with van der Waals surface area (Å²) in [6.45, 7) is 2.23. The molecule has 0 radical (unpaired) electrons. The average molecular weight is 264 g/mol. The highest BCUT2D eigenvalue weighted by atomic mass is 16.1. The van der Waals surface area contributed by atoms with Crippen LogP contribution in [0, 0.1) is 18.3 Å². The number of rotatable bonds is 4. The molecule has 3 heteroatoms. The van der Waals surface area contributed by atoms with Gasteiger partial charge in [0.25, 0.3) is 0 Å². The number of anilines is 1. The molecule has 0 saturated heterocycles. The molecule has 0 heterocycles. The maximum Gasteiger partial charge on any atom is 0.182 e. The number of aryl methyl sites for hydroxylation is 1. The number of carbonyl (C=O) groups is 1. The van der Waals surface area contributed by atoms with Crippen molar-refractivity contribution in [2.45, 2.75) is 6.92 Å². The lowest BCUT2D eigenvalue weighted by Crippen LogP contribution is -2.26. The maximum absolute atomic E-state index is 12.3. The zero-order valence-corrected chi connectivity index (χ0v) is 11.6. The molecule has 0 saturated carbocycles. The quantitative estimate of drug-likeness (QED) is 0.797. The fourth-order valence-corrected chi connectivity index (χ4v) is 2.09. The maximum atomic E-state index is 12.3. The molecule has 0 unspecified atom stereocenters. The van der Waals surface area contributed by atoms with Crippen molar-refractivity contribution in [2.24, 2.45) is 0 Å². The van der Waals surface area contributed by atoms with Crippen LogP contribution >= 0.6 is 0 Å². The van der Waals surface area contributed by atoms with Crippen LogP contribution in [0.4, 0.5) is 5.69 Å². The molecule has 2 rings (SSSR count). The SMILES string of the molecule is Cc1ccccc1C(=O)CN(C)c1cccc(C#N)c1. The Morgan fingerprint density at radius 3 is 2.65 bits per heavy atom. The van der Waals surface area contributed by atoms with Crippen LogP contribution < -0.4 is 4.90 Å². The summed E-state index contributed by atoms with van der Waals surface area (Å²) in [5.74, 6) is 0.0768. The van der Waals surface area contributed by atoms with E-state index in [-0.39, 0.29) is 5.78 Å². The summed E-state index contributed by atoms with van der Waals surface area (Å²) in [5.41, 5.74) is 3.19. The van der Waals surface area contributed by atoms with Crippen molar-refractivity contribution < 1.29 is 4.79 Å². The highest BCUT2D eigenvalue weighted by Crippen LogP contribution is 2.16. The Balaban J connectivity index is 2.15. The van der Waals surface area contributed by atoms with Gasteiger partial charge in [0.15, 0.2) is 5.78 Å². The van der Waals surface area contributed by atoms with Gasteiger partial charge in [-0.05, 0) is 30.7 Å². The van der Waals surface area contributed by atoms with E-state index in [9.17, 15) is 4.79 Å². The van der Waals surface area contributed by atoms with Gasteiger partial charge in [-0.2, -0.15) is 5.26 Å². The van der Waals surface area contributed by atoms with E-state index in [4.69, 9.17) is 5.26 Å². The first-order valence-electron chi connectivity index (χ1n) is 6.42. The van der Waals surface area contributed by atoms with Gasteiger partial charge in [0, 0.05) is 18.3 Å². The minimum Gasteiger partial charge on any atom is -0.367 e. The first kappa shape index (κ1) is 13.8. The molecule has 0 spiro atoms. The number of nitrogens with zero attached hydrogens (tertiary/aromatic N) is 2. The van der Waals surface area contributed by atoms with E-state index in [1.165, 1.54) is 0 Å². The summed E-state index contributed by atoms with van der Waals surface area (Å²) in [6.07, 6.45) is 0. The number of hydrogen-bond acceptors (Lipinski definition) is 3. The summed E-state index contributed by atoms with van der Waals surface area (Å²) in [5, 5.41) is 8.90. The average Bonchev–Trinajstić information content (AvgIpc) is 2.47. The van der Waals surface area contributed by atoms with Gasteiger partial charge in [-0.25, -0.2) is 0 Å². The number of ketones is 1. The van der Waals surface area contributed by atoms with Crippen molar-refractivity contribution >= 4 is 11.5 Å². The van der Waals surface area contributed by atoms with Gasteiger partial charge in [0.2, 0.25) is 0 Å². The fourth-order valence-electron chi connectivity index (χ4n) is 2.09. The second-order valence-electron chi connectivity index (χ2n) is 4.76. The summed E-state index contributed by atoms with van der Waals surface area (Å²) >= 11 is 0. The number of likely N-dealkylation sites (N-methyl/N-ethyl adjacent to an activating group) is 1. The van der Waals surface area contributed by atoms with E-state index in [1.807, 2.05) is 55.3 Å². The Morgan fingerprint density at radius 1 is 1.20 bits per heavy atom. The third-order valence-corrected chi connectivity index (χ3v) is 3.24. The summed E-state index contributed by atoms with van der Waals surface area (Å²) in [6, 6.07) is 16.9. The molecule has 0 aliphatic carbocycles. The molecule has 3 nitrogen and oxygen atoms in total. The van der Waals surface area contributed by atoms with Gasteiger partial charge >= 0.3 is 0 Å². The third-order valence-electron chi connectivity index (χ3n) is 3.24. The topological polar surface area (TPSA) is 44.1 Å². The van der Waals surface area contributed by atoms with Gasteiger partial charge < -0.3 is 4.90 Å². The van der Waals surface area contributed by atoms with E-state index >= 15 is 0 Å². The predicted octanol–water partition coefficient (Wildman–Crippen LogP) is 3.19. The van der Waals surface area contributed by atoms with Gasteiger partial charge in [-0.1, -0.05) is 30.3 Å². The van der Waals surface area contributed by atoms with E-state index < -0.39 is 0 Å². The van der Waals surface area contributed by atoms with Crippen molar-refractivity contribution in [3.05, 3.63) is 65.2 Å². The predicted molar refractivity (Wildman–Crippen MR) is 79.9 cm³/mol.